The zero-order chi connectivity index (χ0) is 19.4. The minimum atomic E-state index is 0.213. The molecule has 0 saturated carbocycles. The highest BCUT2D eigenvalue weighted by Gasteiger charge is 2.22. The number of hydrogen-bond donors (Lipinski definition) is 2. The number of nitrogens with zero attached hydrogens (tertiary/aromatic N) is 2. The van der Waals surface area contributed by atoms with E-state index in [1.165, 1.54) is 0 Å². The molecule has 27 heavy (non-hydrogen) atoms. The van der Waals surface area contributed by atoms with Crippen LogP contribution in [0, 0.1) is 0 Å². The highest BCUT2D eigenvalue weighted by atomic mass is 16.3. The van der Waals surface area contributed by atoms with E-state index in [2.05, 4.69) is 12.0 Å². The van der Waals surface area contributed by atoms with Gasteiger partial charge in [0.25, 0.3) is 0 Å². The number of hydrogen-bond acceptors (Lipinski definition) is 4. The molecule has 0 bridgehead atoms. The third-order valence-corrected chi connectivity index (χ3v) is 4.75. The molecule has 3 rings (SSSR count). The third kappa shape index (κ3) is 3.65. The van der Waals surface area contributed by atoms with Crippen molar-refractivity contribution in [1.29, 1.82) is 0 Å². The molecule has 0 fully saturated rings. The smallest absolute Gasteiger partial charge is 0.124 e. The first-order valence-electron chi connectivity index (χ1n) is 9.02. The number of phenolic OH excluding ortho intramolecular Hbond substituents is 2. The van der Waals surface area contributed by atoms with Gasteiger partial charge in [-0.1, -0.05) is 37.3 Å². The van der Waals surface area contributed by atoms with Crippen molar-refractivity contribution >= 4 is 17.5 Å². The van der Waals surface area contributed by atoms with Crippen LogP contribution in [0.25, 0.3) is 11.3 Å². The van der Waals surface area contributed by atoms with Crippen LogP contribution in [0.2, 0.25) is 0 Å². The number of para-hydroxylation sites is 2. The van der Waals surface area contributed by atoms with E-state index in [4.69, 9.17) is 0 Å². The summed E-state index contributed by atoms with van der Waals surface area (Å²) in [6.45, 7) is 6.09. The van der Waals surface area contributed by atoms with Gasteiger partial charge in [-0.25, -0.2) is 5.01 Å². The van der Waals surface area contributed by atoms with E-state index >= 15 is 0 Å². The Morgan fingerprint density at radius 3 is 2.11 bits per heavy atom. The Labute approximate surface area is 160 Å². The van der Waals surface area contributed by atoms with E-state index in [0.717, 1.165) is 40.1 Å². The molecule has 4 nitrogen and oxygen atoms in total. The summed E-state index contributed by atoms with van der Waals surface area (Å²) in [7, 11) is 0. The van der Waals surface area contributed by atoms with Crippen molar-refractivity contribution in [2.24, 2.45) is 5.10 Å². The highest BCUT2D eigenvalue weighted by molar-refractivity contribution is 5.83. The lowest BCUT2D eigenvalue weighted by molar-refractivity contribution is 0.465. The van der Waals surface area contributed by atoms with Gasteiger partial charge in [-0.15, -0.1) is 0 Å². The molecule has 1 aliphatic heterocycles. The Morgan fingerprint density at radius 1 is 0.926 bits per heavy atom. The maximum absolute atomic E-state index is 10.5. The Bertz CT molecular complexity index is 968. The predicted molar refractivity (Wildman–Crippen MR) is 111 cm³/mol. The standard InChI is InChI=1S/C23H24N2O2/c1-4-16(2)23(19-11-6-8-14-22(19)27)25-20(12-9-15-24-25)17(3)18-10-5-7-13-21(18)26/h5-15,26-27H,4H2,1-3H3/b20-17+,23-16?. The molecule has 0 aromatic heterocycles. The van der Waals surface area contributed by atoms with E-state index in [0.29, 0.717) is 0 Å². The molecule has 0 spiro atoms. The average Bonchev–Trinajstić information content (AvgIpc) is 2.69. The molecule has 4 heteroatoms. The van der Waals surface area contributed by atoms with Crippen molar-refractivity contribution in [2.75, 3.05) is 0 Å². The van der Waals surface area contributed by atoms with Crippen molar-refractivity contribution in [3.8, 4) is 11.5 Å². The number of hydrazone groups is 1. The zero-order valence-electron chi connectivity index (χ0n) is 15.8. The Hall–Kier alpha value is -3.27. The van der Waals surface area contributed by atoms with Gasteiger partial charge in [0.05, 0.1) is 11.4 Å². The molecule has 0 unspecified atom stereocenters. The molecular weight excluding hydrogens is 336 g/mol. The lowest BCUT2D eigenvalue weighted by Crippen LogP contribution is -2.19. The monoisotopic (exact) mass is 360 g/mol. The summed E-state index contributed by atoms with van der Waals surface area (Å²) in [5.41, 5.74) is 5.19. The van der Waals surface area contributed by atoms with Crippen molar-refractivity contribution in [3.63, 3.8) is 0 Å². The van der Waals surface area contributed by atoms with E-state index in [1.54, 1.807) is 30.5 Å². The topological polar surface area (TPSA) is 56.1 Å². The summed E-state index contributed by atoms with van der Waals surface area (Å²) >= 11 is 0. The first-order valence-corrected chi connectivity index (χ1v) is 9.02. The van der Waals surface area contributed by atoms with Gasteiger partial charge in [0.1, 0.15) is 11.5 Å². The van der Waals surface area contributed by atoms with Crippen LogP contribution < -0.4 is 0 Å². The fourth-order valence-electron chi connectivity index (χ4n) is 3.13. The lowest BCUT2D eigenvalue weighted by Gasteiger charge is -2.29. The number of aromatic hydroxyl groups is 2. The van der Waals surface area contributed by atoms with Gasteiger partial charge in [0, 0.05) is 17.3 Å². The number of benzene rings is 2. The van der Waals surface area contributed by atoms with Crippen molar-refractivity contribution in [3.05, 3.63) is 83.1 Å². The molecular formula is C23H24N2O2. The second kappa shape index (κ2) is 7.96. The van der Waals surface area contributed by atoms with Gasteiger partial charge in [-0.05, 0) is 61.8 Å². The van der Waals surface area contributed by atoms with Crippen LogP contribution in [0.1, 0.15) is 38.3 Å². The van der Waals surface area contributed by atoms with Crippen LogP contribution in [-0.2, 0) is 0 Å². The van der Waals surface area contributed by atoms with E-state index in [9.17, 15) is 10.2 Å². The van der Waals surface area contributed by atoms with Crippen LogP contribution >= 0.6 is 0 Å². The van der Waals surface area contributed by atoms with Crippen LogP contribution in [0.3, 0.4) is 0 Å². The van der Waals surface area contributed by atoms with Crippen LogP contribution in [-0.4, -0.2) is 21.4 Å². The molecule has 1 heterocycles. The fraction of sp³-hybridized carbons (Fsp3) is 0.174. The SMILES string of the molecule is CCC(C)=C(c1ccccc1O)N1N=CC=C/C1=C(/C)c1ccccc1O. The highest BCUT2D eigenvalue weighted by Crippen LogP contribution is 2.38. The van der Waals surface area contributed by atoms with Gasteiger partial charge in [-0.3, -0.25) is 0 Å². The number of rotatable bonds is 4. The molecule has 0 amide bonds. The number of allylic oxidation sites excluding steroid dienone is 4. The second-order valence-electron chi connectivity index (χ2n) is 6.46. The van der Waals surface area contributed by atoms with E-state index < -0.39 is 0 Å². The lowest BCUT2D eigenvalue weighted by atomic mass is 10.00. The summed E-state index contributed by atoms with van der Waals surface area (Å²) in [6.07, 6.45) is 6.39. The minimum Gasteiger partial charge on any atom is -0.507 e. The number of phenols is 2. The maximum Gasteiger partial charge on any atom is 0.124 e. The van der Waals surface area contributed by atoms with Gasteiger partial charge < -0.3 is 10.2 Å². The van der Waals surface area contributed by atoms with Gasteiger partial charge in [0.15, 0.2) is 0 Å². The summed E-state index contributed by atoms with van der Waals surface area (Å²) in [5, 5.41) is 27.2. The van der Waals surface area contributed by atoms with Crippen molar-refractivity contribution in [2.45, 2.75) is 27.2 Å². The first-order chi connectivity index (χ1) is 13.0. The van der Waals surface area contributed by atoms with Gasteiger partial charge >= 0.3 is 0 Å². The summed E-state index contributed by atoms with van der Waals surface area (Å²) < 4.78 is 0. The summed E-state index contributed by atoms with van der Waals surface area (Å²) in [6, 6.07) is 14.6. The molecule has 0 saturated heterocycles. The third-order valence-electron chi connectivity index (χ3n) is 4.75. The van der Waals surface area contributed by atoms with Crippen LogP contribution in [0.5, 0.6) is 11.5 Å². The summed E-state index contributed by atoms with van der Waals surface area (Å²) in [5.74, 6) is 0.440. The van der Waals surface area contributed by atoms with Crippen LogP contribution in [0.15, 0.2) is 77.1 Å². The van der Waals surface area contributed by atoms with Gasteiger partial charge in [-0.2, -0.15) is 5.10 Å². The molecule has 2 aromatic rings. The zero-order valence-corrected chi connectivity index (χ0v) is 15.8. The van der Waals surface area contributed by atoms with Crippen molar-refractivity contribution in [1.82, 2.24) is 5.01 Å². The minimum absolute atomic E-state index is 0.213. The second-order valence-corrected chi connectivity index (χ2v) is 6.46. The molecule has 0 aliphatic carbocycles. The summed E-state index contributed by atoms with van der Waals surface area (Å²) in [4.78, 5) is 0. The van der Waals surface area contributed by atoms with Gasteiger partial charge in [0.2, 0.25) is 0 Å². The van der Waals surface area contributed by atoms with E-state index in [1.807, 2.05) is 55.3 Å². The largest absolute Gasteiger partial charge is 0.507 e. The Morgan fingerprint density at radius 2 is 1.52 bits per heavy atom. The molecule has 0 atom stereocenters. The van der Waals surface area contributed by atoms with Crippen LogP contribution in [0.4, 0.5) is 0 Å². The molecule has 2 aromatic carbocycles. The molecule has 138 valence electrons. The molecule has 0 radical (unpaired) electrons. The molecule has 1 aliphatic rings. The Kier molecular flexibility index (Phi) is 5.46. The average molecular weight is 360 g/mol. The quantitative estimate of drug-likeness (QED) is 0.754. The maximum atomic E-state index is 10.5. The normalized spacial score (nSPS) is 16.3. The predicted octanol–water partition coefficient (Wildman–Crippen LogP) is 5.53. The molecule has 2 N–H and O–H groups in total. The van der Waals surface area contributed by atoms with Crippen molar-refractivity contribution < 1.29 is 10.2 Å². The Balaban J connectivity index is 2.21. The van der Waals surface area contributed by atoms with E-state index in [-0.39, 0.29) is 11.5 Å². The first kappa shape index (κ1) is 18.5. The fourth-order valence-corrected chi connectivity index (χ4v) is 3.13.